The summed E-state index contributed by atoms with van der Waals surface area (Å²) in [5.41, 5.74) is 4.23. The normalized spacial score (nSPS) is 19.2. The maximum absolute atomic E-state index is 12.0. The van der Waals surface area contributed by atoms with E-state index in [0.29, 0.717) is 39.1 Å². The maximum atomic E-state index is 12.0. The maximum Gasteiger partial charge on any atom is 2.00 e. The first-order valence-electron chi connectivity index (χ1n) is 14.2. The number of aromatic amines is 1. The minimum atomic E-state index is -2.10. The van der Waals surface area contributed by atoms with Gasteiger partial charge in [-0.3, -0.25) is 9.78 Å². The van der Waals surface area contributed by atoms with Crippen LogP contribution in [0.25, 0.3) is 39.3 Å². The van der Waals surface area contributed by atoms with Crippen LogP contribution in [-0.2, 0) is 44.3 Å². The molecule has 5 rings (SSSR count). The summed E-state index contributed by atoms with van der Waals surface area (Å²) < 4.78 is 0. The van der Waals surface area contributed by atoms with Crippen LogP contribution in [0.2, 0.25) is 0 Å². The third-order valence-corrected chi connectivity index (χ3v) is 8.83. The molecule has 0 aliphatic carbocycles. The molecule has 2 atom stereocenters. The van der Waals surface area contributed by atoms with Gasteiger partial charge in [-0.25, -0.2) is 4.98 Å². The quantitative estimate of drug-likeness (QED) is 0.263. The molecule has 2 aliphatic heterocycles. The second-order valence-corrected chi connectivity index (χ2v) is 11.5. The Bertz CT molecular complexity index is 1950. The smallest absolute Gasteiger partial charge is 0.657 e. The predicted octanol–water partition coefficient (Wildman–Crippen LogP) is 3.96. The van der Waals surface area contributed by atoms with Gasteiger partial charge in [-0.2, -0.15) is 0 Å². The molecule has 3 aromatic rings. The molecule has 0 aromatic carbocycles. The second-order valence-electron chi connectivity index (χ2n) is 11.5. The standard InChI is InChI=1S/C34H36N4O6.Fe/c1-7-20-17(3)23-13-24-19(5)22(9-10-31(39)40)28(37-24)16-30-34(44,12-11-32(41)42)33(6,43)29(38-30)15-27-21(8-2)18(4)25(36-27)14-26(20)35-23;/h7-8,13-16,43-44H,1-2,9-12H2,3-6H3,(H4,35,36,37,38,39,40,41,42);/q;+2/p-2/t33-,34+;/m0./s1. The summed E-state index contributed by atoms with van der Waals surface area (Å²) in [6.45, 7) is 15.0. The van der Waals surface area contributed by atoms with Crippen LogP contribution >= 0.6 is 0 Å². The van der Waals surface area contributed by atoms with Crippen molar-refractivity contribution in [1.82, 2.24) is 19.9 Å². The van der Waals surface area contributed by atoms with E-state index in [1.54, 1.807) is 18.2 Å². The van der Waals surface area contributed by atoms with Crippen molar-refractivity contribution in [3.8, 4) is 0 Å². The summed E-state index contributed by atoms with van der Waals surface area (Å²) >= 11 is 0. The molecule has 0 amide bonds. The van der Waals surface area contributed by atoms with Gasteiger partial charge < -0.3 is 35.2 Å². The van der Waals surface area contributed by atoms with Crippen molar-refractivity contribution in [2.45, 2.75) is 64.6 Å². The molecule has 11 heteroatoms. The van der Waals surface area contributed by atoms with Crippen molar-refractivity contribution in [3.63, 3.8) is 0 Å². The Labute approximate surface area is 270 Å². The number of carboxylic acid groups (broad SMARTS) is 2. The molecular formula is C34H34FeN4O6. The monoisotopic (exact) mass is 650 g/mol. The zero-order valence-electron chi connectivity index (χ0n) is 25.5. The summed E-state index contributed by atoms with van der Waals surface area (Å²) in [5, 5.41) is 44.7. The van der Waals surface area contributed by atoms with Gasteiger partial charge in [-0.15, -0.1) is 11.0 Å². The predicted molar refractivity (Wildman–Crippen MR) is 166 cm³/mol. The fourth-order valence-electron chi connectivity index (χ4n) is 6.03. The van der Waals surface area contributed by atoms with Gasteiger partial charge in [-0.1, -0.05) is 48.6 Å². The van der Waals surface area contributed by atoms with Gasteiger partial charge in [0.05, 0.1) is 22.8 Å². The van der Waals surface area contributed by atoms with Crippen LogP contribution in [-0.4, -0.2) is 42.2 Å². The number of H-pyrrole nitrogens is 1. The van der Waals surface area contributed by atoms with Crippen molar-refractivity contribution in [2.24, 2.45) is 0 Å². The molecule has 0 saturated carbocycles. The van der Waals surface area contributed by atoms with Crippen molar-refractivity contribution in [1.29, 1.82) is 0 Å². The van der Waals surface area contributed by atoms with Crippen LogP contribution in [0.1, 0.15) is 78.1 Å². The van der Waals surface area contributed by atoms with Crippen LogP contribution in [0.5, 0.6) is 0 Å². The number of carbonyl (C=O) groups is 2. The summed E-state index contributed by atoms with van der Waals surface area (Å²) in [5.74, 6) is -2.38. The number of carbonyl (C=O) groups excluding carboxylic acids is 1. The van der Waals surface area contributed by atoms with Crippen LogP contribution in [0.3, 0.4) is 0 Å². The molecule has 4 N–H and O–H groups in total. The number of nitrogens with zero attached hydrogens (tertiary/aromatic N) is 3. The SMILES string of the molecule is C=CC1=C(C)c2cc3[n-]c(cc4nc(cc5[nH]c(cc1n2)c(C)c5C=C)[C@](C)(O)[C@@]4(O)CCC(=O)O)c(CCC(=O)[O-])c3C.[Fe+2]. The molecular weight excluding hydrogens is 616 g/mol. The molecule has 8 bridgehead atoms. The number of hydrogen-bond acceptors (Lipinski definition) is 7. The topological polar surface area (TPSA) is 174 Å². The second kappa shape index (κ2) is 12.3. The number of aliphatic carboxylic acids is 2. The van der Waals surface area contributed by atoms with Crippen LogP contribution < -0.4 is 10.1 Å². The fourth-order valence-corrected chi connectivity index (χ4v) is 6.03. The summed E-state index contributed by atoms with van der Waals surface area (Å²) in [6, 6.07) is 6.83. The average molecular weight is 651 g/mol. The zero-order chi connectivity index (χ0) is 32.1. The van der Waals surface area contributed by atoms with E-state index in [9.17, 15) is 30.0 Å². The number of allylic oxidation sites excluding steroid dienone is 3. The number of aromatic nitrogens is 4. The van der Waals surface area contributed by atoms with Crippen LogP contribution in [0, 0.1) is 13.8 Å². The minimum Gasteiger partial charge on any atom is -0.657 e. The Hall–Kier alpha value is -4.28. The summed E-state index contributed by atoms with van der Waals surface area (Å²) in [6.07, 6.45) is 2.48. The molecule has 234 valence electrons. The van der Waals surface area contributed by atoms with Gasteiger partial charge in [0.1, 0.15) is 11.2 Å². The molecule has 0 unspecified atom stereocenters. The number of carboxylic acids is 2. The van der Waals surface area contributed by atoms with Crippen molar-refractivity contribution in [2.75, 3.05) is 0 Å². The zero-order valence-corrected chi connectivity index (χ0v) is 26.6. The molecule has 0 radical (unpaired) electrons. The molecule has 10 nitrogen and oxygen atoms in total. The Morgan fingerprint density at radius 2 is 1.67 bits per heavy atom. The number of nitrogens with one attached hydrogen (secondary N) is 1. The first-order valence-corrected chi connectivity index (χ1v) is 14.2. The molecule has 0 saturated heterocycles. The Balaban J connectivity index is 0.00000461. The van der Waals surface area contributed by atoms with E-state index < -0.39 is 29.6 Å². The summed E-state index contributed by atoms with van der Waals surface area (Å²) in [4.78, 5) is 40.7. The van der Waals surface area contributed by atoms with Crippen molar-refractivity contribution in [3.05, 3.63) is 88.5 Å². The van der Waals surface area contributed by atoms with Gasteiger partial charge in [-0.05, 0) is 70.2 Å². The van der Waals surface area contributed by atoms with E-state index in [0.717, 1.165) is 27.8 Å². The van der Waals surface area contributed by atoms with Gasteiger partial charge in [0.25, 0.3) is 0 Å². The molecule has 0 spiro atoms. The first kappa shape index (κ1) is 33.6. The third kappa shape index (κ3) is 5.68. The Kier molecular flexibility index (Phi) is 9.15. The van der Waals surface area contributed by atoms with Gasteiger partial charge in [0.2, 0.25) is 0 Å². The number of rotatable bonds is 8. The van der Waals surface area contributed by atoms with E-state index in [1.807, 2.05) is 32.9 Å². The molecule has 2 aliphatic rings. The first-order chi connectivity index (χ1) is 20.7. The number of fused-ring (bicyclic) bond motifs is 8. The van der Waals surface area contributed by atoms with Crippen molar-refractivity contribution < 1.29 is 47.1 Å². The van der Waals surface area contributed by atoms with E-state index in [4.69, 9.17) is 9.97 Å². The van der Waals surface area contributed by atoms with E-state index in [1.165, 1.54) is 13.0 Å². The molecule has 45 heavy (non-hydrogen) atoms. The number of aryl methyl sites for hydroxylation is 3. The van der Waals surface area contributed by atoms with E-state index in [-0.39, 0.29) is 47.7 Å². The van der Waals surface area contributed by atoms with Crippen LogP contribution in [0.4, 0.5) is 0 Å². The van der Waals surface area contributed by atoms with Gasteiger partial charge >= 0.3 is 23.0 Å². The largest absolute Gasteiger partial charge is 2.00 e. The van der Waals surface area contributed by atoms with E-state index >= 15 is 0 Å². The Morgan fingerprint density at radius 1 is 0.956 bits per heavy atom. The average Bonchev–Trinajstić information content (AvgIpc) is 3.58. The molecule has 3 aromatic heterocycles. The van der Waals surface area contributed by atoms with Crippen LogP contribution in [0.15, 0.2) is 43.5 Å². The van der Waals surface area contributed by atoms with E-state index in [2.05, 4.69) is 23.1 Å². The molecule has 5 heterocycles. The minimum absolute atomic E-state index is 0. The van der Waals surface area contributed by atoms with Crippen molar-refractivity contribution >= 4 is 51.2 Å². The number of aliphatic hydroxyl groups is 2. The third-order valence-electron chi connectivity index (χ3n) is 8.83. The van der Waals surface area contributed by atoms with Gasteiger partial charge in [0.15, 0.2) is 0 Å². The summed E-state index contributed by atoms with van der Waals surface area (Å²) in [7, 11) is 0. The Morgan fingerprint density at radius 3 is 2.29 bits per heavy atom. The fraction of sp³-hybridized carbons (Fsp3) is 0.294. The van der Waals surface area contributed by atoms with Gasteiger partial charge in [0, 0.05) is 34.6 Å². The number of hydrogen-bond donors (Lipinski definition) is 4. The molecule has 0 fully saturated rings.